The maximum atomic E-state index is 11.5. The van der Waals surface area contributed by atoms with Crippen molar-refractivity contribution in [2.24, 2.45) is 5.92 Å². The van der Waals surface area contributed by atoms with Crippen molar-refractivity contribution in [3.8, 4) is 0 Å². The van der Waals surface area contributed by atoms with Gasteiger partial charge in [-0.15, -0.1) is 0 Å². The van der Waals surface area contributed by atoms with Crippen LogP contribution in [-0.4, -0.2) is 29.3 Å². The molecule has 0 aliphatic carbocycles. The average molecular weight is 197 g/mol. The molecule has 0 aromatic heterocycles. The molecular weight excluding hydrogens is 186 g/mol. The Hall–Kier alpha value is -1.39. The molecule has 2 heterocycles. The van der Waals surface area contributed by atoms with Crippen molar-refractivity contribution in [1.29, 1.82) is 0 Å². The van der Waals surface area contributed by atoms with Gasteiger partial charge in [-0.2, -0.15) is 0 Å². The van der Waals surface area contributed by atoms with Crippen molar-refractivity contribution in [1.82, 2.24) is 5.32 Å². The number of amides is 1. The summed E-state index contributed by atoms with van der Waals surface area (Å²) < 4.78 is 4.97. The first-order valence-electron chi connectivity index (χ1n) is 4.53. The molecule has 3 unspecified atom stereocenters. The Kier molecular flexibility index (Phi) is 1.54. The molecule has 0 spiro atoms. The molecule has 3 atom stereocenters. The SMILES string of the molecule is CCC1C(=O)NC2(C=O)C(=O)OC12C. The lowest BCUT2D eigenvalue weighted by Gasteiger charge is -2.47. The van der Waals surface area contributed by atoms with Crippen molar-refractivity contribution in [3.05, 3.63) is 0 Å². The standard InChI is InChI=1S/C9H11NO4/c1-3-5-6(12)10-9(4-11)7(13)14-8(5,9)2/h4-5H,3H2,1-2H3,(H,10,12). The van der Waals surface area contributed by atoms with Crippen LogP contribution in [0.15, 0.2) is 0 Å². The van der Waals surface area contributed by atoms with E-state index >= 15 is 0 Å². The van der Waals surface area contributed by atoms with Crippen LogP contribution < -0.4 is 5.32 Å². The zero-order valence-electron chi connectivity index (χ0n) is 7.99. The molecule has 0 saturated carbocycles. The molecule has 0 radical (unpaired) electrons. The fourth-order valence-electron chi connectivity index (χ4n) is 2.33. The first kappa shape index (κ1) is 9.18. The number of carbonyl (C=O) groups is 3. The van der Waals surface area contributed by atoms with Crippen LogP contribution in [0.2, 0.25) is 0 Å². The molecule has 5 heteroatoms. The molecule has 1 N–H and O–H groups in total. The van der Waals surface area contributed by atoms with E-state index in [4.69, 9.17) is 4.74 Å². The van der Waals surface area contributed by atoms with Gasteiger partial charge in [-0.3, -0.25) is 9.59 Å². The monoisotopic (exact) mass is 197 g/mol. The number of rotatable bonds is 2. The van der Waals surface area contributed by atoms with Crippen LogP contribution in [0.1, 0.15) is 20.3 Å². The maximum Gasteiger partial charge on any atom is 0.344 e. The summed E-state index contributed by atoms with van der Waals surface area (Å²) in [4.78, 5) is 33.6. The predicted octanol–water partition coefficient (Wildman–Crippen LogP) is -0.604. The Bertz CT molecular complexity index is 340. The Balaban J connectivity index is 2.47. The predicted molar refractivity (Wildman–Crippen MR) is 45.2 cm³/mol. The zero-order valence-corrected chi connectivity index (χ0v) is 7.99. The lowest BCUT2D eigenvalue weighted by molar-refractivity contribution is -0.214. The number of esters is 1. The third kappa shape index (κ3) is 0.657. The van der Waals surface area contributed by atoms with E-state index < -0.39 is 23.0 Å². The molecule has 5 nitrogen and oxygen atoms in total. The number of carbonyl (C=O) groups excluding carboxylic acids is 3. The van der Waals surface area contributed by atoms with Crippen molar-refractivity contribution in [3.63, 3.8) is 0 Å². The maximum absolute atomic E-state index is 11.5. The number of nitrogens with one attached hydrogen (secondary N) is 1. The second kappa shape index (κ2) is 2.34. The largest absolute Gasteiger partial charge is 0.453 e. The molecule has 0 aromatic carbocycles. The van der Waals surface area contributed by atoms with Gasteiger partial charge in [0.2, 0.25) is 11.4 Å². The highest BCUT2D eigenvalue weighted by Crippen LogP contribution is 2.48. The van der Waals surface area contributed by atoms with Gasteiger partial charge in [0, 0.05) is 0 Å². The molecule has 2 aliphatic heterocycles. The molecule has 14 heavy (non-hydrogen) atoms. The van der Waals surface area contributed by atoms with Gasteiger partial charge in [-0.1, -0.05) is 6.92 Å². The topological polar surface area (TPSA) is 72.5 Å². The Morgan fingerprint density at radius 1 is 1.57 bits per heavy atom. The third-order valence-corrected chi connectivity index (χ3v) is 3.30. The molecule has 2 fully saturated rings. The van der Waals surface area contributed by atoms with Crippen LogP contribution in [0.4, 0.5) is 0 Å². The molecule has 0 aromatic rings. The second-order valence-corrected chi connectivity index (χ2v) is 3.87. The van der Waals surface area contributed by atoms with Gasteiger partial charge in [0.05, 0.1) is 5.92 Å². The Morgan fingerprint density at radius 3 is 2.57 bits per heavy atom. The lowest BCUT2D eigenvalue weighted by Crippen LogP contribution is -2.75. The van der Waals surface area contributed by atoms with E-state index in [0.29, 0.717) is 12.7 Å². The number of hydrogen-bond donors (Lipinski definition) is 1. The van der Waals surface area contributed by atoms with Crippen molar-refractivity contribution >= 4 is 18.2 Å². The molecule has 2 rings (SSSR count). The molecule has 76 valence electrons. The third-order valence-electron chi connectivity index (χ3n) is 3.30. The zero-order chi connectivity index (χ0) is 10.6. The van der Waals surface area contributed by atoms with Crippen molar-refractivity contribution < 1.29 is 19.1 Å². The van der Waals surface area contributed by atoms with E-state index in [2.05, 4.69) is 5.32 Å². The number of hydrogen-bond acceptors (Lipinski definition) is 4. The Labute approximate surface area is 80.8 Å². The summed E-state index contributed by atoms with van der Waals surface area (Å²) in [5.41, 5.74) is -2.41. The van der Waals surface area contributed by atoms with Crippen molar-refractivity contribution in [2.45, 2.75) is 31.4 Å². The minimum absolute atomic E-state index is 0.284. The van der Waals surface area contributed by atoms with Crippen LogP contribution in [0.3, 0.4) is 0 Å². The van der Waals surface area contributed by atoms with E-state index in [0.717, 1.165) is 0 Å². The van der Waals surface area contributed by atoms with E-state index in [9.17, 15) is 14.4 Å². The summed E-state index contributed by atoms with van der Waals surface area (Å²) in [6.07, 6.45) is 1.03. The van der Waals surface area contributed by atoms with Gasteiger partial charge in [0.1, 0.15) is 0 Å². The van der Waals surface area contributed by atoms with Gasteiger partial charge < -0.3 is 10.1 Å². The second-order valence-electron chi connectivity index (χ2n) is 3.87. The summed E-state index contributed by atoms with van der Waals surface area (Å²) in [7, 11) is 0. The van der Waals surface area contributed by atoms with Gasteiger partial charge in [-0.05, 0) is 13.3 Å². The highest BCUT2D eigenvalue weighted by molar-refractivity contribution is 6.12. The number of fused-ring (bicyclic) bond motifs is 1. The summed E-state index contributed by atoms with van der Waals surface area (Å²) in [6.45, 7) is 3.44. The minimum atomic E-state index is -1.43. The highest BCUT2D eigenvalue weighted by Gasteiger charge is 2.76. The molecule has 2 saturated heterocycles. The fourth-order valence-corrected chi connectivity index (χ4v) is 2.33. The first-order chi connectivity index (χ1) is 6.52. The van der Waals surface area contributed by atoms with E-state index in [1.807, 2.05) is 6.92 Å². The Morgan fingerprint density at radius 2 is 2.21 bits per heavy atom. The normalized spacial score (nSPS) is 44.9. The van der Waals surface area contributed by atoms with Gasteiger partial charge >= 0.3 is 5.97 Å². The number of aldehydes is 1. The first-order valence-corrected chi connectivity index (χ1v) is 4.53. The molecule has 1 amide bonds. The van der Waals surface area contributed by atoms with Crippen LogP contribution in [0.5, 0.6) is 0 Å². The van der Waals surface area contributed by atoms with Crippen LogP contribution in [0.25, 0.3) is 0 Å². The molecule has 0 bridgehead atoms. The lowest BCUT2D eigenvalue weighted by atomic mass is 9.72. The summed E-state index contributed by atoms with van der Waals surface area (Å²) >= 11 is 0. The van der Waals surface area contributed by atoms with E-state index in [-0.39, 0.29) is 5.91 Å². The smallest absolute Gasteiger partial charge is 0.344 e. The quantitative estimate of drug-likeness (QED) is 0.364. The van der Waals surface area contributed by atoms with Gasteiger partial charge in [-0.25, -0.2) is 4.79 Å². The fraction of sp³-hybridized carbons (Fsp3) is 0.667. The molecular formula is C9H11NO4. The average Bonchev–Trinajstić information content (AvgIpc) is 2.30. The van der Waals surface area contributed by atoms with Gasteiger partial charge in [0.25, 0.3) is 0 Å². The van der Waals surface area contributed by atoms with E-state index in [1.54, 1.807) is 6.92 Å². The summed E-state index contributed by atoms with van der Waals surface area (Å²) in [5, 5.41) is 2.43. The van der Waals surface area contributed by atoms with Crippen LogP contribution >= 0.6 is 0 Å². The van der Waals surface area contributed by atoms with Crippen LogP contribution in [-0.2, 0) is 19.1 Å². The summed E-state index contributed by atoms with van der Waals surface area (Å²) in [5.74, 6) is -1.36. The van der Waals surface area contributed by atoms with Crippen LogP contribution in [0, 0.1) is 5.92 Å². The van der Waals surface area contributed by atoms with Crippen molar-refractivity contribution in [2.75, 3.05) is 0 Å². The number of ether oxygens (including phenoxy) is 1. The minimum Gasteiger partial charge on any atom is -0.453 e. The molecule has 2 aliphatic rings. The summed E-state index contributed by atoms with van der Waals surface area (Å²) in [6, 6.07) is 0. The van der Waals surface area contributed by atoms with Gasteiger partial charge in [0.15, 0.2) is 11.9 Å². The van der Waals surface area contributed by atoms with E-state index in [1.165, 1.54) is 0 Å². The highest BCUT2D eigenvalue weighted by atomic mass is 16.6.